The lowest BCUT2D eigenvalue weighted by Gasteiger charge is -2.31. The van der Waals surface area contributed by atoms with Crippen LogP contribution in [0.15, 0.2) is 29.4 Å². The van der Waals surface area contributed by atoms with E-state index in [1.54, 1.807) is 23.2 Å². The van der Waals surface area contributed by atoms with E-state index in [2.05, 4.69) is 5.10 Å². The summed E-state index contributed by atoms with van der Waals surface area (Å²) in [6.07, 6.45) is 0.376. The average molecular weight is 274 g/mol. The van der Waals surface area contributed by atoms with Crippen LogP contribution in [0.5, 0.6) is 0 Å². The Morgan fingerprint density at radius 1 is 1.45 bits per heavy atom. The fourth-order valence-electron chi connectivity index (χ4n) is 2.53. The summed E-state index contributed by atoms with van der Waals surface area (Å²) in [6.45, 7) is 2.08. The number of carbonyl (C=O) groups is 2. The largest absolute Gasteiger partial charge is 0.464 e. The number of methoxy groups -OCH3 is 1. The van der Waals surface area contributed by atoms with Crippen molar-refractivity contribution in [2.45, 2.75) is 18.9 Å². The van der Waals surface area contributed by atoms with Crippen molar-refractivity contribution in [3.63, 3.8) is 0 Å². The molecule has 0 spiro atoms. The highest BCUT2D eigenvalue weighted by Gasteiger charge is 2.46. The molecule has 20 heavy (non-hydrogen) atoms. The molecule has 3 rings (SSSR count). The van der Waals surface area contributed by atoms with Crippen molar-refractivity contribution in [2.24, 2.45) is 5.10 Å². The number of esters is 2. The van der Waals surface area contributed by atoms with Gasteiger partial charge in [0, 0.05) is 6.42 Å². The predicted octanol–water partition coefficient (Wildman–Crippen LogP) is 1.35. The number of rotatable bonds is 1. The van der Waals surface area contributed by atoms with Gasteiger partial charge >= 0.3 is 11.9 Å². The van der Waals surface area contributed by atoms with Crippen LogP contribution in [0.3, 0.4) is 0 Å². The fraction of sp³-hybridized carbons (Fsp3) is 0.357. The van der Waals surface area contributed by atoms with Crippen molar-refractivity contribution in [3.8, 4) is 0 Å². The minimum Gasteiger partial charge on any atom is -0.464 e. The fourth-order valence-corrected chi connectivity index (χ4v) is 2.53. The number of nitrogens with zero attached hydrogens (tertiary/aromatic N) is 2. The first-order valence-corrected chi connectivity index (χ1v) is 6.27. The molecule has 0 saturated heterocycles. The van der Waals surface area contributed by atoms with Gasteiger partial charge in [0.15, 0.2) is 0 Å². The van der Waals surface area contributed by atoms with E-state index in [0.29, 0.717) is 23.4 Å². The standard InChI is InChI=1S/C14H14N2O4/c1-14-7-10(13(18)19-2)15-16(14)11-6-4-3-5-9(11)12(17)20-8-14/h3-6H,7-8H2,1-2H3. The molecule has 0 bridgehead atoms. The van der Waals surface area contributed by atoms with Gasteiger partial charge < -0.3 is 9.47 Å². The second kappa shape index (κ2) is 4.33. The molecule has 1 aromatic rings. The molecule has 0 amide bonds. The number of anilines is 1. The lowest BCUT2D eigenvalue weighted by molar-refractivity contribution is -0.132. The van der Waals surface area contributed by atoms with Crippen LogP contribution in [0, 0.1) is 0 Å². The van der Waals surface area contributed by atoms with Gasteiger partial charge in [-0.05, 0) is 19.1 Å². The van der Waals surface area contributed by atoms with Gasteiger partial charge in [0.1, 0.15) is 17.9 Å². The van der Waals surface area contributed by atoms with E-state index in [4.69, 9.17) is 9.47 Å². The van der Waals surface area contributed by atoms with E-state index >= 15 is 0 Å². The molecule has 1 aromatic carbocycles. The highest BCUT2D eigenvalue weighted by Crippen LogP contribution is 2.38. The Morgan fingerprint density at radius 2 is 2.20 bits per heavy atom. The van der Waals surface area contributed by atoms with Crippen LogP contribution in [-0.4, -0.2) is 36.9 Å². The highest BCUT2D eigenvalue weighted by molar-refractivity contribution is 6.37. The first kappa shape index (κ1) is 12.7. The van der Waals surface area contributed by atoms with Gasteiger partial charge in [-0.25, -0.2) is 9.59 Å². The van der Waals surface area contributed by atoms with Crippen LogP contribution >= 0.6 is 0 Å². The predicted molar refractivity (Wildman–Crippen MR) is 71.7 cm³/mol. The molecule has 0 fully saturated rings. The maximum atomic E-state index is 12.0. The third kappa shape index (κ3) is 1.76. The third-order valence-corrected chi connectivity index (χ3v) is 3.57. The molecule has 1 unspecified atom stereocenters. The second-order valence-electron chi connectivity index (χ2n) is 5.12. The quantitative estimate of drug-likeness (QED) is 0.723. The Morgan fingerprint density at radius 3 is 2.95 bits per heavy atom. The second-order valence-corrected chi connectivity index (χ2v) is 5.12. The monoisotopic (exact) mass is 274 g/mol. The lowest BCUT2D eigenvalue weighted by Crippen LogP contribution is -2.43. The van der Waals surface area contributed by atoms with Gasteiger partial charge in [-0.3, -0.25) is 5.01 Å². The minimum atomic E-state index is -0.564. The van der Waals surface area contributed by atoms with E-state index in [1.807, 2.05) is 13.0 Å². The van der Waals surface area contributed by atoms with E-state index in [0.717, 1.165) is 0 Å². The Balaban J connectivity index is 2.11. The lowest BCUT2D eigenvalue weighted by atomic mass is 9.96. The van der Waals surface area contributed by atoms with E-state index in [-0.39, 0.29) is 12.6 Å². The molecule has 0 saturated carbocycles. The molecule has 6 heteroatoms. The van der Waals surface area contributed by atoms with Crippen molar-refractivity contribution >= 4 is 23.3 Å². The van der Waals surface area contributed by atoms with Crippen molar-refractivity contribution in [3.05, 3.63) is 29.8 Å². The first-order valence-electron chi connectivity index (χ1n) is 6.27. The number of hydrazone groups is 1. The summed E-state index contributed by atoms with van der Waals surface area (Å²) >= 11 is 0. The summed E-state index contributed by atoms with van der Waals surface area (Å²) in [4.78, 5) is 23.6. The maximum absolute atomic E-state index is 12.0. The molecule has 0 aliphatic carbocycles. The molecule has 0 N–H and O–H groups in total. The number of para-hydroxylation sites is 1. The third-order valence-electron chi connectivity index (χ3n) is 3.57. The van der Waals surface area contributed by atoms with Crippen LogP contribution in [0.25, 0.3) is 0 Å². The molecule has 2 heterocycles. The molecular weight excluding hydrogens is 260 g/mol. The molecule has 2 aliphatic heterocycles. The number of fused-ring (bicyclic) bond motifs is 3. The Hall–Kier alpha value is -2.37. The zero-order valence-electron chi connectivity index (χ0n) is 11.3. The molecule has 104 valence electrons. The molecular formula is C14H14N2O4. The van der Waals surface area contributed by atoms with Crippen LogP contribution in [0.4, 0.5) is 5.69 Å². The summed E-state index contributed by atoms with van der Waals surface area (Å²) in [6, 6.07) is 7.08. The minimum absolute atomic E-state index is 0.171. The normalized spacial score (nSPS) is 24.2. The van der Waals surface area contributed by atoms with Gasteiger partial charge in [0.25, 0.3) is 0 Å². The summed E-state index contributed by atoms with van der Waals surface area (Å²) < 4.78 is 10.0. The van der Waals surface area contributed by atoms with Crippen molar-refractivity contribution < 1.29 is 19.1 Å². The average Bonchev–Trinajstić information content (AvgIpc) is 2.77. The van der Waals surface area contributed by atoms with Crippen molar-refractivity contribution in [2.75, 3.05) is 18.7 Å². The van der Waals surface area contributed by atoms with Crippen molar-refractivity contribution in [1.82, 2.24) is 0 Å². The topological polar surface area (TPSA) is 68.2 Å². The van der Waals surface area contributed by atoms with Gasteiger partial charge in [-0.1, -0.05) is 12.1 Å². The number of cyclic esters (lactones) is 1. The smallest absolute Gasteiger partial charge is 0.354 e. The molecule has 6 nitrogen and oxygen atoms in total. The molecule has 0 aromatic heterocycles. The van der Waals surface area contributed by atoms with E-state index in [9.17, 15) is 9.59 Å². The van der Waals surface area contributed by atoms with Crippen LogP contribution in [-0.2, 0) is 14.3 Å². The zero-order chi connectivity index (χ0) is 14.3. The molecule has 0 radical (unpaired) electrons. The summed E-state index contributed by atoms with van der Waals surface area (Å²) in [5.74, 6) is -0.825. The molecule has 2 aliphatic rings. The zero-order valence-corrected chi connectivity index (χ0v) is 11.3. The molecule has 1 atom stereocenters. The maximum Gasteiger partial charge on any atom is 0.354 e. The van der Waals surface area contributed by atoms with Gasteiger partial charge in [-0.2, -0.15) is 5.10 Å². The Labute approximate surface area is 116 Å². The Kier molecular flexibility index (Phi) is 2.74. The SMILES string of the molecule is COC(=O)C1=NN2c3ccccc3C(=O)OCC2(C)C1. The van der Waals surface area contributed by atoms with E-state index < -0.39 is 11.5 Å². The summed E-state index contributed by atoms with van der Waals surface area (Å²) in [7, 11) is 1.32. The number of benzene rings is 1. The Bertz CT molecular complexity index is 625. The number of ether oxygens (including phenoxy) is 2. The van der Waals surface area contributed by atoms with Gasteiger partial charge in [-0.15, -0.1) is 0 Å². The summed E-state index contributed by atoms with van der Waals surface area (Å²) in [5, 5.41) is 6.03. The number of hydrogen-bond donors (Lipinski definition) is 0. The summed E-state index contributed by atoms with van der Waals surface area (Å²) in [5.41, 5.74) is 0.872. The van der Waals surface area contributed by atoms with Crippen LogP contribution in [0.1, 0.15) is 23.7 Å². The number of carbonyl (C=O) groups excluding carboxylic acids is 2. The van der Waals surface area contributed by atoms with E-state index in [1.165, 1.54) is 7.11 Å². The first-order chi connectivity index (χ1) is 9.55. The highest BCUT2D eigenvalue weighted by atomic mass is 16.5. The van der Waals surface area contributed by atoms with Gasteiger partial charge in [0.05, 0.1) is 18.4 Å². The van der Waals surface area contributed by atoms with Crippen LogP contribution < -0.4 is 5.01 Å². The number of hydrogen-bond acceptors (Lipinski definition) is 6. The van der Waals surface area contributed by atoms with Crippen molar-refractivity contribution in [1.29, 1.82) is 0 Å². The van der Waals surface area contributed by atoms with Crippen LogP contribution in [0.2, 0.25) is 0 Å². The van der Waals surface area contributed by atoms with Gasteiger partial charge in [0.2, 0.25) is 0 Å².